The minimum Gasteiger partial charge on any atom is -0.395 e. The molecule has 0 unspecified atom stereocenters. The van der Waals surface area contributed by atoms with Gasteiger partial charge in [-0.3, -0.25) is 0 Å². The summed E-state index contributed by atoms with van der Waals surface area (Å²) in [6.45, 7) is -15.6. The first-order valence-electron chi connectivity index (χ1n) is 12.4. The van der Waals surface area contributed by atoms with E-state index >= 15 is 0 Å². The van der Waals surface area contributed by atoms with Gasteiger partial charge >= 0.3 is 0 Å². The van der Waals surface area contributed by atoms with Gasteiger partial charge in [0.25, 0.3) is 0 Å². The molecule has 0 bridgehead atoms. The van der Waals surface area contributed by atoms with Crippen LogP contribution in [0.4, 0.5) is 0 Å². The van der Waals surface area contributed by atoms with Crippen LogP contribution in [0.5, 0.6) is 0 Å². The lowest BCUT2D eigenvalue weighted by Gasteiger charge is -2.17. The summed E-state index contributed by atoms with van der Waals surface area (Å²) in [6.07, 6.45) is -6.92. The van der Waals surface area contributed by atoms with E-state index in [2.05, 4.69) is 10.2 Å². The molecule has 4 heteroatoms. The molecule has 0 rings (SSSR count). The van der Waals surface area contributed by atoms with Gasteiger partial charge in [-0.15, -0.1) is 0 Å². The van der Waals surface area contributed by atoms with E-state index in [0.29, 0.717) is 0 Å². The molecule has 86 valence electrons. The van der Waals surface area contributed by atoms with Crippen LogP contribution < -0.4 is 10.6 Å². The predicted molar refractivity (Wildman–Crippen MR) is 58.3 cm³/mol. The number of hydrogen-bond acceptors (Lipinski definition) is 4. The Hall–Kier alpha value is -0.160. The van der Waals surface area contributed by atoms with Crippen molar-refractivity contribution >= 4 is 0 Å². The quantitative estimate of drug-likeness (QED) is 0.388. The third-order valence-corrected chi connectivity index (χ3v) is 1.22. The predicted octanol–water partition coefficient (Wildman–Crippen LogP) is -0.293. The second kappa shape index (κ2) is 9.40. The Bertz CT molecular complexity index is 554. The van der Waals surface area contributed by atoms with Crippen molar-refractivity contribution in [3.8, 4) is 0 Å². The van der Waals surface area contributed by atoms with Crippen LogP contribution in [0, 0.1) is 0 Å². The largest absolute Gasteiger partial charge is 0.395 e. The van der Waals surface area contributed by atoms with Gasteiger partial charge in [-0.25, -0.2) is 0 Å². The molecule has 0 saturated heterocycles. The summed E-state index contributed by atoms with van der Waals surface area (Å²) in [4.78, 5) is 0. The van der Waals surface area contributed by atoms with Crippen molar-refractivity contribution in [1.82, 2.24) is 10.6 Å². The lowest BCUT2D eigenvalue weighted by atomic mass is 10.2. The van der Waals surface area contributed by atoms with Crippen molar-refractivity contribution in [3.05, 3.63) is 0 Å². The first kappa shape index (κ1) is 2.40. The molecular formula is C10H24N2O2. The summed E-state index contributed by atoms with van der Waals surface area (Å²) >= 11 is 0. The van der Waals surface area contributed by atoms with Crippen molar-refractivity contribution in [2.75, 3.05) is 26.2 Å². The Morgan fingerprint density at radius 2 is 1.71 bits per heavy atom. The lowest BCUT2D eigenvalue weighted by Crippen LogP contribution is -2.40. The third kappa shape index (κ3) is 6.32. The topological polar surface area (TPSA) is 64.5 Å². The summed E-state index contributed by atoms with van der Waals surface area (Å²) in [7, 11) is 0. The Morgan fingerprint density at radius 1 is 1.21 bits per heavy atom. The number of aliphatic hydroxyl groups is 2. The van der Waals surface area contributed by atoms with Crippen molar-refractivity contribution in [2.45, 2.75) is 38.5 Å². The summed E-state index contributed by atoms with van der Waals surface area (Å²) in [5.41, 5.74) is 0. The Morgan fingerprint density at radius 3 is 2.07 bits per heavy atom. The van der Waals surface area contributed by atoms with E-state index in [1.165, 1.54) is 0 Å². The Kier molecular flexibility index (Phi) is 1.61. The van der Waals surface area contributed by atoms with E-state index in [4.69, 9.17) is 24.9 Å². The van der Waals surface area contributed by atoms with E-state index < -0.39 is 64.7 Å². The zero-order chi connectivity index (χ0) is 26.1. The molecule has 14 heavy (non-hydrogen) atoms. The zero-order valence-corrected chi connectivity index (χ0v) is 7.28. The molecule has 0 amide bonds. The van der Waals surface area contributed by atoms with Crippen LogP contribution in [0.3, 0.4) is 0 Å². The van der Waals surface area contributed by atoms with E-state index in [9.17, 15) is 0 Å². The fourth-order valence-corrected chi connectivity index (χ4v) is 0.598. The standard InChI is InChI=1S/C10H24N2O2/c1-3-9(7-13)11-5-6-12-10(4-2)8-14/h9-14H,3-8H2,1-2H3/t9-,10-/m0/s1/i1D3,2D3,3D2,4D2,7D2,8D2,13D,14D/hD2. The second-order valence-electron chi connectivity index (χ2n) is 2.14. The molecule has 0 aromatic heterocycles. The van der Waals surface area contributed by atoms with E-state index in [1.54, 1.807) is 0 Å². The molecule has 0 heterocycles. The van der Waals surface area contributed by atoms with E-state index in [-0.39, 0.29) is 10.6 Å². The van der Waals surface area contributed by atoms with Gasteiger partial charge in [-0.1, -0.05) is 13.7 Å². The molecule has 2 atom stereocenters. The second-order valence-corrected chi connectivity index (χ2v) is 2.14. The minimum atomic E-state index is -3.48. The first-order chi connectivity index (χ1) is 13.9. The van der Waals surface area contributed by atoms with Gasteiger partial charge < -0.3 is 20.8 Å². The molecule has 0 saturated carbocycles. The van der Waals surface area contributed by atoms with Crippen LogP contribution in [0.2, 0.25) is 2.82 Å². The maximum atomic E-state index is 7.90. The van der Waals surface area contributed by atoms with Gasteiger partial charge in [-0.2, -0.15) is 0 Å². The summed E-state index contributed by atoms with van der Waals surface area (Å²) < 4.78 is 134. The smallest absolute Gasteiger partial charge is 0.210 e. The Balaban J connectivity index is 6.01. The molecular weight excluding hydrogens is 180 g/mol. The van der Waals surface area contributed by atoms with Gasteiger partial charge in [0.15, 0.2) is 0 Å². The van der Waals surface area contributed by atoms with Crippen molar-refractivity contribution in [2.24, 2.45) is 0 Å². The fraction of sp³-hybridized carbons (Fsp3) is 1.00. The van der Waals surface area contributed by atoms with Crippen molar-refractivity contribution < 1.29 is 32.2 Å². The summed E-state index contributed by atoms with van der Waals surface area (Å²) in [5, 5.41) is 7.49. The molecule has 4 N–H and O–H groups in total. The van der Waals surface area contributed by atoms with E-state index in [0.717, 1.165) is 0 Å². The lowest BCUT2D eigenvalue weighted by molar-refractivity contribution is 0.229. The molecule has 0 spiro atoms. The highest BCUT2D eigenvalue weighted by Gasteiger charge is 2.04. The van der Waals surface area contributed by atoms with Crippen LogP contribution in [-0.4, -0.2) is 51.4 Å². The highest BCUT2D eigenvalue weighted by Crippen LogP contribution is 1.89. The van der Waals surface area contributed by atoms with Gasteiger partial charge in [0.1, 0.15) is 2.82 Å². The zero-order valence-electron chi connectivity index (χ0n) is 25.3. The van der Waals surface area contributed by atoms with Crippen molar-refractivity contribution in [1.29, 1.82) is 2.86 Å². The third-order valence-electron chi connectivity index (χ3n) is 1.22. The van der Waals surface area contributed by atoms with Crippen LogP contribution in [-0.2, 0) is 0 Å². The molecule has 0 aromatic carbocycles. The fourth-order valence-electron chi connectivity index (χ4n) is 0.598. The monoisotopic (exact) mass is 222 g/mol. The summed E-state index contributed by atoms with van der Waals surface area (Å²) in [6, 6.07) is -5.15. The Labute approximate surface area is 112 Å². The molecule has 4 nitrogen and oxygen atoms in total. The number of hydrogen-bond donors (Lipinski definition) is 4. The first-order valence-corrected chi connectivity index (χ1v) is 3.71. The van der Waals surface area contributed by atoms with Gasteiger partial charge in [0.2, 0.25) is 2.86 Å². The van der Waals surface area contributed by atoms with Gasteiger partial charge in [-0.05, 0) is 12.7 Å². The minimum absolute atomic E-state index is 0.0124. The number of rotatable bonds is 11. The molecule has 0 fully saturated rings. The molecule has 0 aliphatic carbocycles. The highest BCUT2D eigenvalue weighted by atomic mass is 16.3. The molecule has 0 radical (unpaired) electrons. The average Bonchev–Trinajstić information content (AvgIpc) is 2.57. The average molecular weight is 222 g/mol. The number of nitrogens with one attached hydrogen (secondary N) is 2. The van der Waals surface area contributed by atoms with Crippen LogP contribution in [0.25, 0.3) is 0 Å². The highest BCUT2D eigenvalue weighted by molar-refractivity contribution is 4.67. The normalized spacial score (nSPS) is 40.7. The SMILES string of the molecule is [2H]OC([2H])([2H])[C@@H](N([2H])CCN([2H])[C@H](C([2H])([2H])O[2H])C([2H])([2H])C([2H])([2H])[2H])C([2H])([2H])C([2H])([2H])[2H]. The van der Waals surface area contributed by atoms with Crippen LogP contribution >= 0.6 is 0 Å². The summed E-state index contributed by atoms with van der Waals surface area (Å²) in [5.74, 6) is 0. The molecule has 0 aliphatic heterocycles. The maximum absolute atomic E-state index is 7.90. The van der Waals surface area contributed by atoms with Crippen LogP contribution in [0.15, 0.2) is 0 Å². The van der Waals surface area contributed by atoms with Gasteiger partial charge in [0.05, 0.1) is 18.6 Å². The van der Waals surface area contributed by atoms with Crippen LogP contribution in [0.1, 0.15) is 45.6 Å². The van der Waals surface area contributed by atoms with Crippen molar-refractivity contribution in [3.63, 3.8) is 0 Å². The molecule has 0 aliphatic rings. The maximum Gasteiger partial charge on any atom is 0.210 e. The molecule has 0 aromatic rings. The van der Waals surface area contributed by atoms with E-state index in [1.807, 2.05) is 0 Å². The van der Waals surface area contributed by atoms with Gasteiger partial charge in [0, 0.05) is 38.9 Å².